The fraction of sp³-hybridized carbons (Fsp3) is 0.175. The molecule has 1 saturated carbocycles. The van der Waals surface area contributed by atoms with E-state index in [-0.39, 0.29) is 83.6 Å². The second-order valence-electron chi connectivity index (χ2n) is 18.1. The van der Waals surface area contributed by atoms with E-state index in [1.54, 1.807) is 36.4 Å². The van der Waals surface area contributed by atoms with Crippen LogP contribution in [0.1, 0.15) is 87.7 Å². The van der Waals surface area contributed by atoms with Gasteiger partial charge in [0, 0.05) is 11.4 Å². The molecular formula is C63H54ClNO10. The third-order valence-corrected chi connectivity index (χ3v) is 13.1. The van der Waals surface area contributed by atoms with E-state index in [2.05, 4.69) is 5.32 Å². The Morgan fingerprint density at radius 1 is 0.453 bits per heavy atom. The third-order valence-electron chi connectivity index (χ3n) is 12.7. The highest BCUT2D eigenvalue weighted by Crippen LogP contribution is 2.39. The number of carbonyl (C=O) groups excluding carboxylic acids is 4. The number of halogens is 1. The van der Waals surface area contributed by atoms with Crippen LogP contribution in [0.5, 0.6) is 23.0 Å². The summed E-state index contributed by atoms with van der Waals surface area (Å²) < 4.78 is 37.5. The van der Waals surface area contributed by atoms with E-state index in [0.717, 1.165) is 27.8 Å². The van der Waals surface area contributed by atoms with Crippen LogP contribution >= 0.6 is 11.6 Å². The molecule has 12 heteroatoms. The molecule has 0 saturated heterocycles. The number of carbonyl (C=O) groups is 4. The molecule has 1 aliphatic rings. The number of ketones is 1. The highest BCUT2D eigenvalue weighted by Gasteiger charge is 2.39. The molecule has 8 aromatic rings. The van der Waals surface area contributed by atoms with Crippen LogP contribution in [0, 0.1) is 5.92 Å². The first-order valence-corrected chi connectivity index (χ1v) is 25.2. The van der Waals surface area contributed by atoms with Crippen LogP contribution in [0.2, 0.25) is 0 Å². The molecule has 1 fully saturated rings. The van der Waals surface area contributed by atoms with Gasteiger partial charge in [-0.1, -0.05) is 158 Å². The van der Waals surface area contributed by atoms with Crippen molar-refractivity contribution in [2.75, 3.05) is 5.88 Å². The van der Waals surface area contributed by atoms with Crippen LogP contribution in [0.15, 0.2) is 206 Å². The molecule has 0 aromatic heterocycles. The molecule has 0 unspecified atom stereocenters. The van der Waals surface area contributed by atoms with Crippen LogP contribution in [0.3, 0.4) is 0 Å². The summed E-state index contributed by atoms with van der Waals surface area (Å²) in [6.45, 7) is 0.388. The van der Waals surface area contributed by atoms with E-state index < -0.39 is 29.9 Å². The van der Waals surface area contributed by atoms with Gasteiger partial charge in [0.1, 0.15) is 67.7 Å². The number of amides is 1. The SMILES string of the molecule is O=C(N[C@@H]1C[C@@H](CCl)C[C@H]1OC(=O)c1cc(OCc2ccccc2)c(C(=O)c2c(OCc3ccccc3)cccc2C(=O)OCc2ccccc2)c(OCc2ccccc2)c1)c1ccc(OCc2ccccc2)cc1. The molecular weight excluding hydrogens is 966 g/mol. The van der Waals surface area contributed by atoms with Crippen molar-refractivity contribution in [3.8, 4) is 23.0 Å². The van der Waals surface area contributed by atoms with Gasteiger partial charge in [0.15, 0.2) is 0 Å². The van der Waals surface area contributed by atoms with E-state index in [9.17, 15) is 14.4 Å². The van der Waals surface area contributed by atoms with Gasteiger partial charge in [-0.25, -0.2) is 9.59 Å². The van der Waals surface area contributed by atoms with Crippen molar-refractivity contribution in [1.29, 1.82) is 0 Å². The predicted octanol–water partition coefficient (Wildman–Crippen LogP) is 12.6. The number of hydrogen-bond acceptors (Lipinski definition) is 10. The zero-order valence-electron chi connectivity index (χ0n) is 41.0. The normalized spacial score (nSPS) is 14.8. The van der Waals surface area contributed by atoms with Crippen LogP contribution in [0.4, 0.5) is 0 Å². The molecule has 1 aliphatic carbocycles. The number of rotatable bonds is 22. The van der Waals surface area contributed by atoms with Gasteiger partial charge in [0.25, 0.3) is 5.91 Å². The van der Waals surface area contributed by atoms with E-state index in [1.165, 1.54) is 18.2 Å². The van der Waals surface area contributed by atoms with Crippen LogP contribution in [0.25, 0.3) is 0 Å². The van der Waals surface area contributed by atoms with Gasteiger partial charge in [-0.05, 0) is 95.1 Å². The lowest BCUT2D eigenvalue weighted by molar-refractivity contribution is 0.0244. The highest BCUT2D eigenvalue weighted by molar-refractivity contribution is 6.19. The maximum absolute atomic E-state index is 15.7. The smallest absolute Gasteiger partial charge is 0.339 e. The number of ether oxygens (including phenoxy) is 6. The largest absolute Gasteiger partial charge is 0.489 e. The first kappa shape index (κ1) is 51.2. The third kappa shape index (κ3) is 13.7. The van der Waals surface area contributed by atoms with Crippen molar-refractivity contribution in [2.45, 2.75) is 58.0 Å². The van der Waals surface area contributed by atoms with Gasteiger partial charge in [-0.3, -0.25) is 9.59 Å². The maximum Gasteiger partial charge on any atom is 0.339 e. The Hall–Kier alpha value is -8.67. The van der Waals surface area contributed by atoms with E-state index >= 15 is 4.79 Å². The lowest BCUT2D eigenvalue weighted by Gasteiger charge is -2.23. The van der Waals surface area contributed by atoms with Crippen molar-refractivity contribution in [1.82, 2.24) is 5.32 Å². The van der Waals surface area contributed by atoms with Gasteiger partial charge in [0.05, 0.1) is 22.7 Å². The van der Waals surface area contributed by atoms with E-state index in [0.29, 0.717) is 30.8 Å². The minimum atomic E-state index is -0.763. The van der Waals surface area contributed by atoms with Crippen molar-refractivity contribution in [3.05, 3.63) is 262 Å². The molecule has 8 aromatic carbocycles. The fourth-order valence-corrected chi connectivity index (χ4v) is 9.01. The highest BCUT2D eigenvalue weighted by atomic mass is 35.5. The van der Waals surface area contributed by atoms with Gasteiger partial charge in [-0.15, -0.1) is 11.6 Å². The van der Waals surface area contributed by atoms with Crippen molar-refractivity contribution >= 4 is 35.2 Å². The molecule has 0 bridgehead atoms. The summed E-state index contributed by atoms with van der Waals surface area (Å²) in [5, 5.41) is 3.08. The maximum atomic E-state index is 15.7. The first-order valence-electron chi connectivity index (χ1n) is 24.7. The summed E-state index contributed by atoms with van der Waals surface area (Å²) in [7, 11) is 0. The molecule has 3 atom stereocenters. The summed E-state index contributed by atoms with van der Waals surface area (Å²) in [5.74, 6) is -1.63. The zero-order valence-corrected chi connectivity index (χ0v) is 41.7. The number of alkyl halides is 1. The quantitative estimate of drug-likeness (QED) is 0.0397. The fourth-order valence-electron chi connectivity index (χ4n) is 8.76. The summed E-state index contributed by atoms with van der Waals surface area (Å²) in [6, 6.07) is 61.0. The Morgan fingerprint density at radius 3 is 1.41 bits per heavy atom. The van der Waals surface area contributed by atoms with Crippen LogP contribution in [-0.4, -0.2) is 41.7 Å². The van der Waals surface area contributed by atoms with Gasteiger partial charge < -0.3 is 33.7 Å². The molecule has 11 nitrogen and oxygen atoms in total. The summed E-state index contributed by atoms with van der Waals surface area (Å²) in [6.07, 6.45) is 0.0960. The lowest BCUT2D eigenvalue weighted by atomic mass is 9.94. The minimum absolute atomic E-state index is 0.00978. The molecule has 378 valence electrons. The van der Waals surface area contributed by atoms with Gasteiger partial charge in [0.2, 0.25) is 5.78 Å². The molecule has 1 amide bonds. The average molecular weight is 1020 g/mol. The Kier molecular flexibility index (Phi) is 17.3. The van der Waals surface area contributed by atoms with Gasteiger partial charge >= 0.3 is 11.9 Å². The van der Waals surface area contributed by atoms with E-state index in [4.69, 9.17) is 40.0 Å². The predicted molar refractivity (Wildman–Crippen MR) is 285 cm³/mol. The summed E-state index contributed by atoms with van der Waals surface area (Å²) in [4.78, 5) is 58.3. The van der Waals surface area contributed by atoms with Crippen LogP contribution in [-0.2, 0) is 42.5 Å². The molecule has 9 rings (SSSR count). The van der Waals surface area contributed by atoms with Crippen molar-refractivity contribution in [3.63, 3.8) is 0 Å². The summed E-state index contributed by atoms with van der Waals surface area (Å²) in [5.41, 5.74) is 4.35. The Morgan fingerprint density at radius 2 is 0.920 bits per heavy atom. The standard InChI is InChI=1S/C63H54ClNO10/c64-37-48-33-53(65-61(67)49-29-31-51(32-30-49)70-38-43-17-6-1-7-18-43)55(34-48)75-62(68)50-35-56(72-40-45-21-10-3-11-22-45)59(57(36-50)73-41-46-23-12-4-13-24-46)60(66)58-52(63(69)74-42-47-25-14-5-15-26-47)27-16-28-54(58)71-39-44-19-8-2-9-20-44/h1-32,35-36,48,53,55H,33-34,37-42H2,(H,65,67)/t48-,53-,55-/m1/s1. The molecule has 0 spiro atoms. The monoisotopic (exact) mass is 1020 g/mol. The number of esters is 2. The molecule has 0 aliphatic heterocycles. The zero-order chi connectivity index (χ0) is 51.8. The summed E-state index contributed by atoms with van der Waals surface area (Å²) >= 11 is 6.41. The topological polar surface area (TPSA) is 136 Å². The van der Waals surface area contributed by atoms with Gasteiger partial charge in [-0.2, -0.15) is 0 Å². The van der Waals surface area contributed by atoms with Crippen molar-refractivity contribution < 1.29 is 47.6 Å². The minimum Gasteiger partial charge on any atom is -0.489 e. The first-order chi connectivity index (χ1) is 36.8. The van der Waals surface area contributed by atoms with E-state index in [1.807, 2.05) is 152 Å². The number of nitrogens with one attached hydrogen (secondary N) is 1. The Bertz CT molecular complexity index is 3110. The lowest BCUT2D eigenvalue weighted by Crippen LogP contribution is -2.42. The average Bonchev–Trinajstić information content (AvgIpc) is 3.85. The second-order valence-corrected chi connectivity index (χ2v) is 18.4. The number of benzene rings is 8. The molecule has 0 radical (unpaired) electrons. The Balaban J connectivity index is 1.05. The second kappa shape index (κ2) is 25.3. The molecule has 75 heavy (non-hydrogen) atoms. The van der Waals surface area contributed by atoms with Crippen molar-refractivity contribution in [2.24, 2.45) is 5.92 Å². The van der Waals surface area contributed by atoms with Crippen LogP contribution < -0.4 is 24.3 Å². The molecule has 1 N–H and O–H groups in total. The molecule has 0 heterocycles. The number of hydrogen-bond donors (Lipinski definition) is 1. The Labute approximate surface area is 440 Å².